The molecular weight excluding hydrogens is 278 g/mol. The minimum atomic E-state index is -0.527. The molecule has 112 valence electrons. The number of amides is 2. The first-order chi connectivity index (χ1) is 9.92. The number of carbonyl (C=O) groups is 2. The SMILES string of the molecule is CN1CC(=O)N(Cc2cc([N+](=O)[O-])ccc2NN)CC1=O. The van der Waals surface area contributed by atoms with Crippen LogP contribution in [0.1, 0.15) is 5.56 Å². The van der Waals surface area contributed by atoms with Gasteiger partial charge in [-0.2, -0.15) is 0 Å². The van der Waals surface area contributed by atoms with E-state index in [0.717, 1.165) is 0 Å². The van der Waals surface area contributed by atoms with Crippen molar-refractivity contribution in [3.8, 4) is 0 Å². The maximum absolute atomic E-state index is 11.9. The Morgan fingerprint density at radius 3 is 2.67 bits per heavy atom. The van der Waals surface area contributed by atoms with Crippen LogP contribution in [-0.2, 0) is 16.1 Å². The first-order valence-electron chi connectivity index (χ1n) is 6.18. The molecule has 2 rings (SSSR count). The summed E-state index contributed by atoms with van der Waals surface area (Å²) in [4.78, 5) is 36.6. The molecule has 9 nitrogen and oxygen atoms in total. The van der Waals surface area contributed by atoms with E-state index >= 15 is 0 Å². The number of rotatable bonds is 4. The number of hydrogen-bond acceptors (Lipinski definition) is 6. The van der Waals surface area contributed by atoms with E-state index in [1.807, 2.05) is 0 Å². The van der Waals surface area contributed by atoms with E-state index in [4.69, 9.17) is 5.84 Å². The first kappa shape index (κ1) is 14.7. The molecule has 0 unspecified atom stereocenters. The number of carbonyl (C=O) groups excluding carboxylic acids is 2. The lowest BCUT2D eigenvalue weighted by Gasteiger charge is -2.32. The van der Waals surface area contributed by atoms with Crippen LogP contribution in [0.2, 0.25) is 0 Å². The maximum Gasteiger partial charge on any atom is 0.269 e. The molecule has 2 amide bonds. The van der Waals surface area contributed by atoms with E-state index in [2.05, 4.69) is 5.43 Å². The molecule has 0 spiro atoms. The topological polar surface area (TPSA) is 122 Å². The van der Waals surface area contributed by atoms with Gasteiger partial charge in [0.25, 0.3) is 5.69 Å². The van der Waals surface area contributed by atoms with Gasteiger partial charge >= 0.3 is 0 Å². The zero-order valence-electron chi connectivity index (χ0n) is 11.4. The average Bonchev–Trinajstić information content (AvgIpc) is 2.44. The number of likely N-dealkylation sites (N-methyl/N-ethyl adjacent to an activating group) is 1. The second kappa shape index (κ2) is 5.75. The number of non-ortho nitro benzene ring substituents is 1. The molecule has 1 aliphatic rings. The number of nitro groups is 1. The van der Waals surface area contributed by atoms with Gasteiger partial charge in [0.15, 0.2) is 0 Å². The number of nitrogens with one attached hydrogen (secondary N) is 1. The van der Waals surface area contributed by atoms with Crippen molar-refractivity contribution in [3.05, 3.63) is 33.9 Å². The summed E-state index contributed by atoms with van der Waals surface area (Å²) in [5, 5.41) is 10.8. The Morgan fingerprint density at radius 2 is 2.05 bits per heavy atom. The number of nitrogens with two attached hydrogens (primary N) is 1. The Labute approximate surface area is 120 Å². The van der Waals surface area contributed by atoms with Crippen molar-refractivity contribution >= 4 is 23.2 Å². The number of nitrogen functional groups attached to an aromatic ring is 1. The Balaban J connectivity index is 2.25. The van der Waals surface area contributed by atoms with Crippen molar-refractivity contribution in [2.24, 2.45) is 5.84 Å². The molecule has 1 aliphatic heterocycles. The molecule has 0 atom stereocenters. The van der Waals surface area contributed by atoms with Gasteiger partial charge in [0.05, 0.1) is 17.2 Å². The van der Waals surface area contributed by atoms with E-state index in [-0.39, 0.29) is 37.1 Å². The zero-order valence-corrected chi connectivity index (χ0v) is 11.4. The predicted molar refractivity (Wildman–Crippen MR) is 74.0 cm³/mol. The lowest BCUT2D eigenvalue weighted by Crippen LogP contribution is -2.51. The van der Waals surface area contributed by atoms with Gasteiger partial charge in [-0.05, 0) is 6.07 Å². The van der Waals surface area contributed by atoms with Gasteiger partial charge in [-0.15, -0.1) is 0 Å². The van der Waals surface area contributed by atoms with Crippen molar-refractivity contribution in [3.63, 3.8) is 0 Å². The van der Waals surface area contributed by atoms with E-state index in [0.29, 0.717) is 11.3 Å². The largest absolute Gasteiger partial charge is 0.335 e. The molecule has 1 aromatic rings. The summed E-state index contributed by atoms with van der Waals surface area (Å²) in [6.07, 6.45) is 0. The second-order valence-electron chi connectivity index (χ2n) is 4.74. The molecule has 1 saturated heterocycles. The van der Waals surface area contributed by atoms with Gasteiger partial charge in [-0.1, -0.05) is 0 Å². The molecule has 0 aliphatic carbocycles. The van der Waals surface area contributed by atoms with Gasteiger partial charge in [-0.25, -0.2) is 0 Å². The molecule has 1 fully saturated rings. The summed E-state index contributed by atoms with van der Waals surface area (Å²) in [6, 6.07) is 4.12. The van der Waals surface area contributed by atoms with Crippen molar-refractivity contribution < 1.29 is 14.5 Å². The van der Waals surface area contributed by atoms with E-state index in [9.17, 15) is 19.7 Å². The van der Waals surface area contributed by atoms with Gasteiger partial charge in [-0.3, -0.25) is 25.5 Å². The Morgan fingerprint density at radius 1 is 1.33 bits per heavy atom. The summed E-state index contributed by atoms with van der Waals surface area (Å²) in [7, 11) is 1.55. The highest BCUT2D eigenvalue weighted by Crippen LogP contribution is 2.23. The summed E-state index contributed by atoms with van der Waals surface area (Å²) < 4.78 is 0. The third-order valence-corrected chi connectivity index (χ3v) is 3.29. The minimum Gasteiger partial charge on any atom is -0.335 e. The fourth-order valence-corrected chi connectivity index (χ4v) is 2.08. The molecule has 9 heteroatoms. The summed E-state index contributed by atoms with van der Waals surface area (Å²) in [5.74, 6) is 4.97. The van der Waals surface area contributed by atoms with Crippen LogP contribution in [-0.4, -0.2) is 46.7 Å². The monoisotopic (exact) mass is 293 g/mol. The molecule has 1 heterocycles. The van der Waals surface area contributed by atoms with Gasteiger partial charge < -0.3 is 15.2 Å². The normalized spacial score (nSPS) is 15.3. The van der Waals surface area contributed by atoms with Crippen LogP contribution in [0.25, 0.3) is 0 Å². The molecular formula is C12H15N5O4. The predicted octanol–water partition coefficient (Wildman–Crippen LogP) is -0.319. The molecule has 0 aromatic heterocycles. The van der Waals surface area contributed by atoms with Crippen LogP contribution in [0.4, 0.5) is 11.4 Å². The zero-order chi connectivity index (χ0) is 15.6. The highest BCUT2D eigenvalue weighted by Gasteiger charge is 2.28. The highest BCUT2D eigenvalue weighted by molar-refractivity contribution is 5.92. The molecule has 0 bridgehead atoms. The lowest BCUT2D eigenvalue weighted by atomic mass is 10.1. The maximum atomic E-state index is 11.9. The van der Waals surface area contributed by atoms with Crippen LogP contribution in [0.3, 0.4) is 0 Å². The number of anilines is 1. The summed E-state index contributed by atoms with van der Waals surface area (Å²) in [6.45, 7) is 0.0286. The number of hydrazine groups is 1. The van der Waals surface area contributed by atoms with Crippen LogP contribution in [0.5, 0.6) is 0 Å². The van der Waals surface area contributed by atoms with Gasteiger partial charge in [0.1, 0.15) is 6.54 Å². The highest BCUT2D eigenvalue weighted by atomic mass is 16.6. The number of nitro benzene ring substituents is 1. The van der Waals surface area contributed by atoms with Crippen LogP contribution >= 0.6 is 0 Å². The van der Waals surface area contributed by atoms with Gasteiger partial charge in [0.2, 0.25) is 11.8 Å². The van der Waals surface area contributed by atoms with Crippen molar-refractivity contribution in [1.29, 1.82) is 0 Å². The fourth-order valence-electron chi connectivity index (χ4n) is 2.08. The third-order valence-electron chi connectivity index (χ3n) is 3.29. The molecule has 0 saturated carbocycles. The van der Waals surface area contributed by atoms with Crippen LogP contribution in [0, 0.1) is 10.1 Å². The summed E-state index contributed by atoms with van der Waals surface area (Å²) >= 11 is 0. The van der Waals surface area contributed by atoms with Gasteiger partial charge in [0, 0.05) is 31.3 Å². The first-order valence-corrected chi connectivity index (χ1v) is 6.18. The molecule has 1 aromatic carbocycles. The molecule has 21 heavy (non-hydrogen) atoms. The van der Waals surface area contributed by atoms with Crippen LogP contribution in [0.15, 0.2) is 18.2 Å². The lowest BCUT2D eigenvalue weighted by molar-refractivity contribution is -0.384. The van der Waals surface area contributed by atoms with E-state index in [1.165, 1.54) is 28.0 Å². The fraction of sp³-hybridized carbons (Fsp3) is 0.333. The molecule has 0 radical (unpaired) electrons. The van der Waals surface area contributed by atoms with Crippen molar-refractivity contribution in [2.45, 2.75) is 6.54 Å². The van der Waals surface area contributed by atoms with E-state index in [1.54, 1.807) is 7.05 Å². The quantitative estimate of drug-likeness (QED) is 0.446. The number of nitrogens with zero attached hydrogens (tertiary/aromatic N) is 3. The van der Waals surface area contributed by atoms with Crippen molar-refractivity contribution in [1.82, 2.24) is 9.80 Å². The Hall–Kier alpha value is -2.68. The average molecular weight is 293 g/mol. The second-order valence-corrected chi connectivity index (χ2v) is 4.74. The summed E-state index contributed by atoms with van der Waals surface area (Å²) in [5.41, 5.74) is 3.29. The Bertz CT molecular complexity index is 603. The Kier molecular flexibility index (Phi) is 4.03. The van der Waals surface area contributed by atoms with Crippen molar-refractivity contribution in [2.75, 3.05) is 25.6 Å². The number of piperazine rings is 1. The number of hydrogen-bond donors (Lipinski definition) is 2. The third kappa shape index (κ3) is 3.08. The van der Waals surface area contributed by atoms with E-state index < -0.39 is 4.92 Å². The molecule has 3 N–H and O–H groups in total. The minimum absolute atomic E-state index is 0.000846. The van der Waals surface area contributed by atoms with Crippen LogP contribution < -0.4 is 11.3 Å². The standard InChI is InChI=1S/C12H15N5O4/c1-15-6-12(19)16(7-11(15)18)5-8-4-9(17(20)21)2-3-10(8)14-13/h2-4,14H,5-7,13H2,1H3. The smallest absolute Gasteiger partial charge is 0.269 e. The number of benzene rings is 1.